The van der Waals surface area contributed by atoms with Gasteiger partial charge in [-0.3, -0.25) is 9.69 Å². The van der Waals surface area contributed by atoms with Crippen LogP contribution in [0.2, 0.25) is 0 Å². The summed E-state index contributed by atoms with van der Waals surface area (Å²) in [6.07, 6.45) is 9.29. The summed E-state index contributed by atoms with van der Waals surface area (Å²) in [6, 6.07) is 29.4. The molecule has 2 aliphatic carbocycles. The maximum atomic E-state index is 14.9. The third-order valence-corrected chi connectivity index (χ3v) is 12.9. The summed E-state index contributed by atoms with van der Waals surface area (Å²) in [5.41, 5.74) is 4.39. The quantitative estimate of drug-likeness (QED) is 0.0398. The zero-order valence-corrected chi connectivity index (χ0v) is 34.8. The number of aliphatic hydroxyl groups is 2. The van der Waals surface area contributed by atoms with Crippen molar-refractivity contribution in [2.24, 2.45) is 22.9 Å². The van der Waals surface area contributed by atoms with E-state index in [4.69, 9.17) is 24.2 Å². The maximum Gasteiger partial charge on any atom is 0.254 e. The van der Waals surface area contributed by atoms with Crippen molar-refractivity contribution in [1.29, 1.82) is 0 Å². The zero-order valence-electron chi connectivity index (χ0n) is 34.8. The number of hydrogen-bond donors (Lipinski definition) is 2. The smallest absolute Gasteiger partial charge is 0.254 e. The van der Waals surface area contributed by atoms with Crippen molar-refractivity contribution in [3.8, 4) is 11.5 Å². The summed E-state index contributed by atoms with van der Waals surface area (Å²) in [7, 11) is 1.85. The van der Waals surface area contributed by atoms with Crippen molar-refractivity contribution in [2.75, 3.05) is 53.1 Å². The van der Waals surface area contributed by atoms with E-state index in [0.717, 1.165) is 84.3 Å². The standard InChI is InChI=1S/C50H59N3O7/c1-3-28-58-50-46(52(2)49(56)39-20-19-36-15-7-8-16-37(36)30-39)33-44(51-59-34-35-13-5-4-6-14-35)42-31-38(17-9-11-26-54)41(18-10-12-27-55)47(48(42)50)43-32-40(21-22-45(43)60-50)57-29-25-53-23-24-53/h3-8,13-16,19-22,30-32,38,41,46-48,54-55H,1,9-12,17-18,23-29,33-34H2,2H3. The molecule has 8 rings (SSSR count). The minimum absolute atomic E-state index is 0.123. The van der Waals surface area contributed by atoms with Crippen LogP contribution in [0.1, 0.15) is 72.3 Å². The van der Waals surface area contributed by atoms with Crippen LogP contribution in [-0.2, 0) is 16.2 Å². The van der Waals surface area contributed by atoms with E-state index >= 15 is 0 Å². The number of hydrogen-bond acceptors (Lipinski definition) is 9. The van der Waals surface area contributed by atoms with Crippen LogP contribution in [0.4, 0.5) is 0 Å². The fourth-order valence-corrected chi connectivity index (χ4v) is 9.83. The van der Waals surface area contributed by atoms with Crippen LogP contribution in [0.25, 0.3) is 10.8 Å². The first-order chi connectivity index (χ1) is 29.4. The molecule has 4 aromatic carbocycles. The highest BCUT2D eigenvalue weighted by atomic mass is 16.7. The lowest BCUT2D eigenvalue weighted by atomic mass is 9.55. The van der Waals surface area contributed by atoms with Crippen molar-refractivity contribution in [2.45, 2.75) is 69.3 Å². The van der Waals surface area contributed by atoms with E-state index in [9.17, 15) is 15.0 Å². The molecular formula is C50H59N3O7. The average Bonchev–Trinajstić information content (AvgIpc) is 4.11. The van der Waals surface area contributed by atoms with E-state index in [-0.39, 0.29) is 43.5 Å². The highest BCUT2D eigenvalue weighted by molar-refractivity contribution is 6.04. The van der Waals surface area contributed by atoms with Crippen molar-refractivity contribution in [3.63, 3.8) is 0 Å². The Kier molecular flexibility index (Phi) is 13.3. The Morgan fingerprint density at radius 1 is 0.950 bits per heavy atom. The number of fused-ring (bicyclic) bond motifs is 3. The third-order valence-electron chi connectivity index (χ3n) is 12.9. The topological polar surface area (TPSA) is 113 Å². The molecule has 60 heavy (non-hydrogen) atoms. The van der Waals surface area contributed by atoms with Crippen molar-refractivity contribution >= 4 is 22.4 Å². The predicted molar refractivity (Wildman–Crippen MR) is 234 cm³/mol. The fraction of sp³-hybridized carbons (Fsp3) is 0.440. The second-order valence-corrected chi connectivity index (χ2v) is 16.7. The molecule has 4 aliphatic rings. The summed E-state index contributed by atoms with van der Waals surface area (Å²) in [6.45, 7) is 8.49. The predicted octanol–water partition coefficient (Wildman–Crippen LogP) is 8.14. The SMILES string of the molecule is C=CCOC12Oc3ccc(OCCN4CC4)cc3C3C(CCCCO)C(CCCCO)C=C(C(=NOCc4ccccc4)CC1N(C)C(=O)c1ccc4ccccc4c1)C32. The molecule has 4 aromatic rings. The van der Waals surface area contributed by atoms with Gasteiger partial charge in [0.05, 0.1) is 18.2 Å². The van der Waals surface area contributed by atoms with Crippen LogP contribution in [0.5, 0.6) is 11.5 Å². The van der Waals surface area contributed by atoms with Gasteiger partial charge in [-0.2, -0.15) is 0 Å². The minimum Gasteiger partial charge on any atom is -0.492 e. The molecule has 2 N–H and O–H groups in total. The van der Waals surface area contributed by atoms with Gasteiger partial charge in [0.1, 0.15) is 30.8 Å². The number of carbonyl (C=O) groups is 1. The van der Waals surface area contributed by atoms with E-state index < -0.39 is 17.7 Å². The van der Waals surface area contributed by atoms with Crippen molar-refractivity contribution in [1.82, 2.24) is 9.80 Å². The molecule has 0 radical (unpaired) electrons. The average molecular weight is 814 g/mol. The van der Waals surface area contributed by atoms with Crippen LogP contribution in [0.3, 0.4) is 0 Å². The molecule has 0 aromatic heterocycles. The van der Waals surface area contributed by atoms with Gasteiger partial charge in [0.2, 0.25) is 5.79 Å². The van der Waals surface area contributed by atoms with Crippen molar-refractivity contribution < 1.29 is 34.1 Å². The van der Waals surface area contributed by atoms with E-state index in [1.165, 1.54) is 0 Å². The van der Waals surface area contributed by atoms with E-state index in [2.05, 4.69) is 23.6 Å². The molecule has 2 fully saturated rings. The number of amides is 1. The first kappa shape index (κ1) is 41.7. The lowest BCUT2D eigenvalue weighted by Crippen LogP contribution is -2.69. The summed E-state index contributed by atoms with van der Waals surface area (Å²) in [4.78, 5) is 25.2. The number of carbonyl (C=O) groups excluding carboxylic acids is 1. The van der Waals surface area contributed by atoms with Gasteiger partial charge in [-0.25, -0.2) is 0 Å². The highest BCUT2D eigenvalue weighted by Gasteiger charge is 2.65. The molecule has 2 aliphatic heterocycles. The van der Waals surface area contributed by atoms with Gasteiger partial charge in [-0.15, -0.1) is 6.58 Å². The van der Waals surface area contributed by atoms with Crippen LogP contribution in [-0.4, -0.2) is 96.6 Å². The first-order valence-corrected chi connectivity index (χ1v) is 21.8. The second-order valence-electron chi connectivity index (χ2n) is 16.7. The van der Waals surface area contributed by atoms with E-state index in [1.807, 2.05) is 92.0 Å². The zero-order chi connectivity index (χ0) is 41.5. The lowest BCUT2D eigenvalue weighted by Gasteiger charge is -2.59. The number of ether oxygens (including phenoxy) is 3. The Bertz CT molecular complexity index is 2170. The number of unbranched alkanes of at least 4 members (excludes halogenated alkanes) is 2. The van der Waals surface area contributed by atoms with E-state index in [0.29, 0.717) is 43.8 Å². The Balaban J connectivity index is 1.28. The Morgan fingerprint density at radius 3 is 2.48 bits per heavy atom. The first-order valence-electron chi connectivity index (χ1n) is 21.8. The van der Waals surface area contributed by atoms with Gasteiger partial charge < -0.3 is 34.2 Å². The van der Waals surface area contributed by atoms with Crippen molar-refractivity contribution in [3.05, 3.63) is 132 Å². The summed E-state index contributed by atoms with van der Waals surface area (Å²) in [5, 5.41) is 26.9. The molecule has 0 spiro atoms. The molecular weight excluding hydrogens is 755 g/mol. The number of aliphatic hydroxyl groups excluding tert-OH is 2. The molecule has 316 valence electrons. The van der Waals surface area contributed by atoms with Crippen LogP contribution in [0, 0.1) is 17.8 Å². The Hall–Kier alpha value is -5.00. The number of likely N-dealkylation sites (N-methyl/N-ethyl adjacent to an activating group) is 1. The molecule has 10 nitrogen and oxygen atoms in total. The van der Waals surface area contributed by atoms with Gasteiger partial charge in [-0.05, 0) is 89.8 Å². The third kappa shape index (κ3) is 8.89. The van der Waals surface area contributed by atoms with Crippen LogP contribution >= 0.6 is 0 Å². The summed E-state index contributed by atoms with van der Waals surface area (Å²) < 4.78 is 20.8. The molecule has 0 bridgehead atoms. The highest BCUT2D eigenvalue weighted by Crippen LogP contribution is 2.62. The Labute approximate surface area is 354 Å². The maximum absolute atomic E-state index is 14.9. The molecule has 1 saturated carbocycles. The number of oxime groups is 1. The van der Waals surface area contributed by atoms with Gasteiger partial charge in [0, 0.05) is 63.4 Å². The minimum atomic E-state index is -1.33. The molecule has 2 heterocycles. The van der Waals surface area contributed by atoms with Gasteiger partial charge in [0.15, 0.2) is 0 Å². The van der Waals surface area contributed by atoms with Gasteiger partial charge in [0.25, 0.3) is 5.91 Å². The molecule has 6 unspecified atom stereocenters. The van der Waals surface area contributed by atoms with Gasteiger partial charge in [-0.1, -0.05) is 90.8 Å². The molecule has 1 amide bonds. The second kappa shape index (κ2) is 19.1. The lowest BCUT2D eigenvalue weighted by molar-refractivity contribution is -0.252. The van der Waals surface area contributed by atoms with E-state index in [1.54, 1.807) is 11.0 Å². The van der Waals surface area contributed by atoms with Crippen LogP contribution < -0.4 is 9.47 Å². The molecule has 10 heteroatoms. The van der Waals surface area contributed by atoms with Gasteiger partial charge >= 0.3 is 0 Å². The molecule has 1 saturated heterocycles. The number of rotatable bonds is 20. The number of nitrogens with zero attached hydrogens (tertiary/aromatic N) is 3. The fourth-order valence-electron chi connectivity index (χ4n) is 9.83. The monoisotopic (exact) mass is 813 g/mol. The summed E-state index contributed by atoms with van der Waals surface area (Å²) >= 11 is 0. The Morgan fingerprint density at radius 2 is 1.72 bits per heavy atom. The normalized spacial score (nSPS) is 24.8. The summed E-state index contributed by atoms with van der Waals surface area (Å²) in [5.74, 6) is -0.246. The molecule has 6 atom stereocenters. The number of benzene rings is 4. The number of allylic oxidation sites excluding steroid dienone is 1. The largest absolute Gasteiger partial charge is 0.492 e. The van der Waals surface area contributed by atoms with Crippen LogP contribution in [0.15, 0.2) is 120 Å².